The van der Waals surface area contributed by atoms with Crippen molar-refractivity contribution < 1.29 is 23.5 Å². The second-order valence-electron chi connectivity index (χ2n) is 5.18. The van der Waals surface area contributed by atoms with Crippen molar-refractivity contribution in [1.82, 2.24) is 10.9 Å². The summed E-state index contributed by atoms with van der Waals surface area (Å²) in [6.07, 6.45) is -1.08. The Morgan fingerprint density at radius 3 is 2.33 bits per heavy atom. The fourth-order valence-electron chi connectivity index (χ4n) is 1.99. The van der Waals surface area contributed by atoms with Gasteiger partial charge >= 0.3 is 5.97 Å². The van der Waals surface area contributed by atoms with E-state index in [0.717, 1.165) is 0 Å². The maximum atomic E-state index is 12.0. The minimum Gasteiger partial charge on any atom is -0.466 e. The average molecular weight is 330 g/mol. The van der Waals surface area contributed by atoms with E-state index >= 15 is 0 Å². The van der Waals surface area contributed by atoms with Crippen molar-refractivity contribution in [3.8, 4) is 0 Å². The number of benzene rings is 1. The SMILES string of the molecule is Cc1cc(C(=O)O[C@@H](C)C(=O)NNC(=O)c2ccccc2)c(C)o1. The molecule has 0 saturated heterocycles. The Morgan fingerprint density at radius 2 is 1.75 bits per heavy atom. The molecular weight excluding hydrogens is 312 g/mol. The molecule has 1 atom stereocenters. The lowest BCUT2D eigenvalue weighted by atomic mass is 10.2. The molecule has 1 aromatic heterocycles. The van der Waals surface area contributed by atoms with Gasteiger partial charge in [-0.2, -0.15) is 0 Å². The normalized spacial score (nSPS) is 11.5. The molecule has 0 aliphatic carbocycles. The minimum absolute atomic E-state index is 0.264. The molecule has 7 heteroatoms. The topological polar surface area (TPSA) is 97.6 Å². The molecule has 0 aliphatic heterocycles. The Bertz CT molecular complexity index is 752. The number of carbonyl (C=O) groups is 3. The van der Waals surface area contributed by atoms with E-state index in [2.05, 4.69) is 10.9 Å². The zero-order valence-electron chi connectivity index (χ0n) is 13.6. The van der Waals surface area contributed by atoms with Crippen molar-refractivity contribution in [2.45, 2.75) is 26.9 Å². The van der Waals surface area contributed by atoms with Crippen LogP contribution in [0.25, 0.3) is 0 Å². The molecule has 24 heavy (non-hydrogen) atoms. The Hall–Kier alpha value is -3.09. The number of furan rings is 1. The highest BCUT2D eigenvalue weighted by molar-refractivity contribution is 5.96. The van der Waals surface area contributed by atoms with Crippen molar-refractivity contribution in [3.63, 3.8) is 0 Å². The Balaban J connectivity index is 1.87. The molecule has 0 radical (unpaired) electrons. The number of rotatable bonds is 4. The number of amides is 2. The molecular formula is C17H18N2O5. The number of carbonyl (C=O) groups excluding carboxylic acids is 3. The van der Waals surface area contributed by atoms with E-state index in [1.54, 1.807) is 50.2 Å². The summed E-state index contributed by atoms with van der Waals surface area (Å²) in [6.45, 7) is 4.75. The average Bonchev–Trinajstić information content (AvgIpc) is 2.91. The Kier molecular flexibility index (Phi) is 5.36. The predicted molar refractivity (Wildman–Crippen MR) is 85.1 cm³/mol. The van der Waals surface area contributed by atoms with Gasteiger partial charge in [-0.3, -0.25) is 20.4 Å². The van der Waals surface area contributed by atoms with Crippen LogP contribution in [0.1, 0.15) is 39.2 Å². The zero-order chi connectivity index (χ0) is 17.7. The molecule has 2 N–H and O–H groups in total. The highest BCUT2D eigenvalue weighted by Crippen LogP contribution is 2.15. The fourth-order valence-corrected chi connectivity index (χ4v) is 1.99. The van der Waals surface area contributed by atoms with Crippen LogP contribution in [0.15, 0.2) is 40.8 Å². The fraction of sp³-hybridized carbons (Fsp3) is 0.235. The number of esters is 1. The van der Waals surface area contributed by atoms with Crippen LogP contribution in [-0.2, 0) is 9.53 Å². The van der Waals surface area contributed by atoms with Crippen LogP contribution in [0.4, 0.5) is 0 Å². The molecule has 7 nitrogen and oxygen atoms in total. The van der Waals surface area contributed by atoms with Gasteiger partial charge in [0, 0.05) is 5.56 Å². The third-order valence-corrected chi connectivity index (χ3v) is 3.25. The van der Waals surface area contributed by atoms with Crippen molar-refractivity contribution >= 4 is 17.8 Å². The lowest BCUT2D eigenvalue weighted by molar-refractivity contribution is -0.129. The standard InChI is InChI=1S/C17H18N2O5/c1-10-9-14(11(2)23-10)17(22)24-12(3)15(20)18-19-16(21)13-7-5-4-6-8-13/h4-9,12H,1-3H3,(H,18,20)(H,19,21)/t12-/m0/s1. The van der Waals surface area contributed by atoms with Gasteiger partial charge in [-0.1, -0.05) is 18.2 Å². The Labute approximate surface area is 139 Å². The second kappa shape index (κ2) is 7.45. The quantitative estimate of drug-likeness (QED) is 0.659. The highest BCUT2D eigenvalue weighted by Gasteiger charge is 2.22. The van der Waals surface area contributed by atoms with Crippen molar-refractivity contribution in [1.29, 1.82) is 0 Å². The number of hydrogen-bond donors (Lipinski definition) is 2. The summed E-state index contributed by atoms with van der Waals surface area (Å²) >= 11 is 0. The molecule has 1 heterocycles. The lowest BCUT2D eigenvalue weighted by Crippen LogP contribution is -2.46. The first-order valence-electron chi connectivity index (χ1n) is 7.31. The Morgan fingerprint density at radius 1 is 1.08 bits per heavy atom. The predicted octanol–water partition coefficient (Wildman–Crippen LogP) is 1.90. The van der Waals surface area contributed by atoms with Crippen LogP contribution in [0.3, 0.4) is 0 Å². The van der Waals surface area contributed by atoms with Gasteiger partial charge in [-0.25, -0.2) is 4.79 Å². The van der Waals surface area contributed by atoms with E-state index in [4.69, 9.17) is 9.15 Å². The van der Waals surface area contributed by atoms with Gasteiger partial charge in [-0.05, 0) is 39.0 Å². The molecule has 1 aromatic carbocycles. The molecule has 0 saturated carbocycles. The van der Waals surface area contributed by atoms with E-state index in [9.17, 15) is 14.4 Å². The van der Waals surface area contributed by atoms with E-state index in [1.165, 1.54) is 6.92 Å². The second-order valence-corrected chi connectivity index (χ2v) is 5.18. The van der Waals surface area contributed by atoms with Crippen molar-refractivity contribution in [3.05, 3.63) is 59.0 Å². The third kappa shape index (κ3) is 4.22. The van der Waals surface area contributed by atoms with Crippen molar-refractivity contribution in [2.75, 3.05) is 0 Å². The molecule has 2 rings (SSSR count). The summed E-state index contributed by atoms with van der Waals surface area (Å²) in [6, 6.07) is 9.94. The first-order chi connectivity index (χ1) is 11.4. The number of nitrogens with one attached hydrogen (secondary N) is 2. The maximum Gasteiger partial charge on any atom is 0.342 e. The summed E-state index contributed by atoms with van der Waals surface area (Å²) < 4.78 is 10.3. The number of hydrazine groups is 1. The first-order valence-corrected chi connectivity index (χ1v) is 7.31. The van der Waals surface area contributed by atoms with Crippen LogP contribution < -0.4 is 10.9 Å². The summed E-state index contributed by atoms with van der Waals surface area (Å²) in [7, 11) is 0. The van der Waals surface area contributed by atoms with Crippen molar-refractivity contribution in [2.24, 2.45) is 0 Å². The number of aryl methyl sites for hydroxylation is 2. The van der Waals surface area contributed by atoms with E-state index in [1.807, 2.05) is 0 Å². The lowest BCUT2D eigenvalue weighted by Gasteiger charge is -2.13. The molecule has 0 fully saturated rings. The molecule has 0 unspecified atom stereocenters. The third-order valence-electron chi connectivity index (χ3n) is 3.25. The van der Waals surface area contributed by atoms with Gasteiger partial charge in [0.25, 0.3) is 11.8 Å². The van der Waals surface area contributed by atoms with Crippen LogP contribution in [0.2, 0.25) is 0 Å². The first kappa shape index (κ1) is 17.3. The van der Waals surface area contributed by atoms with E-state index < -0.39 is 23.9 Å². The van der Waals surface area contributed by atoms with E-state index in [0.29, 0.717) is 17.1 Å². The molecule has 0 aliphatic rings. The van der Waals surface area contributed by atoms with Gasteiger partial charge in [0.05, 0.1) is 0 Å². The van der Waals surface area contributed by atoms with Crippen LogP contribution in [0.5, 0.6) is 0 Å². The van der Waals surface area contributed by atoms with Gasteiger partial charge in [-0.15, -0.1) is 0 Å². The molecule has 0 bridgehead atoms. The van der Waals surface area contributed by atoms with Gasteiger partial charge < -0.3 is 9.15 Å². The van der Waals surface area contributed by atoms with Crippen LogP contribution >= 0.6 is 0 Å². The van der Waals surface area contributed by atoms with Gasteiger partial charge in [0.2, 0.25) is 0 Å². The molecule has 2 amide bonds. The zero-order valence-corrected chi connectivity index (χ0v) is 13.6. The summed E-state index contributed by atoms with van der Waals surface area (Å²) in [5, 5.41) is 0. The summed E-state index contributed by atoms with van der Waals surface area (Å²) in [5.41, 5.74) is 5.14. The molecule has 126 valence electrons. The van der Waals surface area contributed by atoms with Gasteiger partial charge in [0.1, 0.15) is 17.1 Å². The van der Waals surface area contributed by atoms with Crippen LogP contribution in [0, 0.1) is 13.8 Å². The number of ether oxygens (including phenoxy) is 1. The summed E-state index contributed by atoms with van der Waals surface area (Å²) in [4.78, 5) is 35.7. The molecule has 0 spiro atoms. The van der Waals surface area contributed by atoms with Crippen LogP contribution in [-0.4, -0.2) is 23.9 Å². The minimum atomic E-state index is -1.08. The maximum absolute atomic E-state index is 12.0. The summed E-state index contributed by atoms with van der Waals surface area (Å²) in [5.74, 6) is -0.787. The van der Waals surface area contributed by atoms with Gasteiger partial charge in [0.15, 0.2) is 6.10 Å². The largest absolute Gasteiger partial charge is 0.466 e. The monoisotopic (exact) mass is 330 g/mol. The van der Waals surface area contributed by atoms with E-state index in [-0.39, 0.29) is 5.56 Å². The molecule has 2 aromatic rings. The number of hydrogen-bond acceptors (Lipinski definition) is 5. The highest BCUT2D eigenvalue weighted by atomic mass is 16.5. The smallest absolute Gasteiger partial charge is 0.342 e.